The first-order valence-corrected chi connectivity index (χ1v) is 5.77. The number of methoxy groups -OCH3 is 1. The molecule has 0 spiro atoms. The fourth-order valence-corrected chi connectivity index (χ4v) is 2.00. The van der Waals surface area contributed by atoms with Crippen molar-refractivity contribution in [1.82, 2.24) is 0 Å². The van der Waals surface area contributed by atoms with E-state index in [9.17, 15) is 9.50 Å². The van der Waals surface area contributed by atoms with Crippen LogP contribution in [0, 0.1) is 5.82 Å². The van der Waals surface area contributed by atoms with Crippen LogP contribution in [0.15, 0.2) is 42.5 Å². The Morgan fingerprint density at radius 1 is 1.17 bits per heavy atom. The minimum absolute atomic E-state index is 0.315. The van der Waals surface area contributed by atoms with Gasteiger partial charge in [-0.2, -0.15) is 0 Å². The Balaban J connectivity index is 2.47. The van der Waals surface area contributed by atoms with Crippen LogP contribution in [0.4, 0.5) is 4.39 Å². The fourth-order valence-electron chi connectivity index (χ4n) is 1.78. The van der Waals surface area contributed by atoms with E-state index in [0.29, 0.717) is 21.9 Å². The Bertz CT molecular complexity index is 557. The Morgan fingerprint density at radius 2 is 1.89 bits per heavy atom. The van der Waals surface area contributed by atoms with Gasteiger partial charge < -0.3 is 9.84 Å². The van der Waals surface area contributed by atoms with Gasteiger partial charge in [0, 0.05) is 16.1 Å². The summed E-state index contributed by atoms with van der Waals surface area (Å²) in [6.07, 6.45) is -1.02. The molecule has 4 heteroatoms. The van der Waals surface area contributed by atoms with Gasteiger partial charge in [-0.3, -0.25) is 0 Å². The molecule has 0 heterocycles. The maximum atomic E-state index is 13.2. The standard InChI is InChI=1S/C14H12ClFO2/c1-18-13-5-3-2-4-10(13)14(17)11-8-9(16)6-7-12(11)15/h2-8,14,17H,1H3. The smallest absolute Gasteiger partial charge is 0.125 e. The van der Waals surface area contributed by atoms with Crippen molar-refractivity contribution >= 4 is 11.6 Å². The number of para-hydroxylation sites is 1. The number of aliphatic hydroxyl groups excluding tert-OH is 1. The summed E-state index contributed by atoms with van der Waals surface area (Å²) in [5, 5.41) is 10.6. The third-order valence-corrected chi connectivity index (χ3v) is 3.03. The van der Waals surface area contributed by atoms with Gasteiger partial charge in [-0.15, -0.1) is 0 Å². The second-order valence-electron chi connectivity index (χ2n) is 3.81. The molecule has 2 aromatic carbocycles. The second kappa shape index (κ2) is 5.38. The van der Waals surface area contributed by atoms with Crippen molar-refractivity contribution in [2.45, 2.75) is 6.10 Å². The lowest BCUT2D eigenvalue weighted by molar-refractivity contribution is 0.214. The molecule has 94 valence electrons. The van der Waals surface area contributed by atoms with E-state index >= 15 is 0 Å². The van der Waals surface area contributed by atoms with Crippen molar-refractivity contribution in [3.05, 3.63) is 64.4 Å². The maximum absolute atomic E-state index is 13.2. The normalized spacial score (nSPS) is 12.2. The summed E-state index contributed by atoms with van der Waals surface area (Å²) in [6.45, 7) is 0. The van der Waals surface area contributed by atoms with E-state index in [1.807, 2.05) is 0 Å². The van der Waals surface area contributed by atoms with Gasteiger partial charge in [0.15, 0.2) is 0 Å². The van der Waals surface area contributed by atoms with Gasteiger partial charge in [0.25, 0.3) is 0 Å². The van der Waals surface area contributed by atoms with Gasteiger partial charge >= 0.3 is 0 Å². The molecule has 0 aliphatic rings. The van der Waals surface area contributed by atoms with Crippen molar-refractivity contribution in [2.75, 3.05) is 7.11 Å². The lowest BCUT2D eigenvalue weighted by Crippen LogP contribution is -2.03. The molecule has 0 saturated heterocycles. The minimum atomic E-state index is -1.02. The van der Waals surface area contributed by atoms with Gasteiger partial charge in [-0.1, -0.05) is 29.8 Å². The maximum Gasteiger partial charge on any atom is 0.125 e. The molecule has 2 aromatic rings. The molecule has 0 aliphatic heterocycles. The SMILES string of the molecule is COc1ccccc1C(O)c1cc(F)ccc1Cl. The summed E-state index contributed by atoms with van der Waals surface area (Å²) in [7, 11) is 1.51. The second-order valence-corrected chi connectivity index (χ2v) is 4.22. The molecule has 18 heavy (non-hydrogen) atoms. The molecule has 1 N–H and O–H groups in total. The molecule has 0 aliphatic carbocycles. The molecule has 0 amide bonds. The summed E-state index contributed by atoms with van der Waals surface area (Å²) in [5.74, 6) is 0.0914. The third-order valence-electron chi connectivity index (χ3n) is 2.69. The number of hydrogen-bond acceptors (Lipinski definition) is 2. The molecule has 0 aromatic heterocycles. The van der Waals surface area contributed by atoms with Gasteiger partial charge in [0.1, 0.15) is 17.7 Å². The monoisotopic (exact) mass is 266 g/mol. The molecule has 2 rings (SSSR count). The molecule has 0 bridgehead atoms. The van der Waals surface area contributed by atoms with Crippen molar-refractivity contribution < 1.29 is 14.2 Å². The number of benzene rings is 2. The van der Waals surface area contributed by atoms with Crippen molar-refractivity contribution in [3.8, 4) is 5.75 Å². The molecule has 1 unspecified atom stereocenters. The largest absolute Gasteiger partial charge is 0.496 e. The molecule has 0 saturated carbocycles. The molecular weight excluding hydrogens is 255 g/mol. The lowest BCUT2D eigenvalue weighted by atomic mass is 10.0. The zero-order valence-corrected chi connectivity index (χ0v) is 10.5. The number of hydrogen-bond donors (Lipinski definition) is 1. The van der Waals surface area contributed by atoms with E-state index in [2.05, 4.69) is 0 Å². The van der Waals surface area contributed by atoms with Gasteiger partial charge in [-0.25, -0.2) is 4.39 Å². The molecule has 2 nitrogen and oxygen atoms in total. The molecular formula is C14H12ClFO2. The highest BCUT2D eigenvalue weighted by atomic mass is 35.5. The summed E-state index contributed by atoms with van der Waals surface area (Å²) < 4.78 is 18.4. The minimum Gasteiger partial charge on any atom is -0.496 e. The quantitative estimate of drug-likeness (QED) is 0.920. The van der Waals surface area contributed by atoms with Crippen molar-refractivity contribution in [1.29, 1.82) is 0 Å². The Hall–Kier alpha value is -1.58. The van der Waals surface area contributed by atoms with Gasteiger partial charge in [0.05, 0.1) is 7.11 Å². The number of aliphatic hydroxyl groups is 1. The van der Waals surface area contributed by atoms with Crippen LogP contribution in [0.1, 0.15) is 17.2 Å². The van der Waals surface area contributed by atoms with Crippen LogP contribution in [0.2, 0.25) is 5.02 Å². The number of halogens is 2. The predicted molar refractivity (Wildman–Crippen MR) is 68.5 cm³/mol. The van der Waals surface area contributed by atoms with Gasteiger partial charge in [-0.05, 0) is 24.3 Å². The van der Waals surface area contributed by atoms with Crippen LogP contribution in [-0.2, 0) is 0 Å². The zero-order chi connectivity index (χ0) is 13.1. The van der Waals surface area contributed by atoms with Crippen LogP contribution < -0.4 is 4.74 Å². The van der Waals surface area contributed by atoms with E-state index in [1.54, 1.807) is 24.3 Å². The van der Waals surface area contributed by atoms with Crippen LogP contribution in [0.3, 0.4) is 0 Å². The topological polar surface area (TPSA) is 29.5 Å². The van der Waals surface area contributed by atoms with E-state index in [1.165, 1.54) is 25.3 Å². The lowest BCUT2D eigenvalue weighted by Gasteiger charge is -2.16. The number of ether oxygens (including phenoxy) is 1. The van der Waals surface area contributed by atoms with E-state index in [4.69, 9.17) is 16.3 Å². The van der Waals surface area contributed by atoms with E-state index in [-0.39, 0.29) is 0 Å². The first-order valence-electron chi connectivity index (χ1n) is 5.39. The summed E-state index contributed by atoms with van der Waals surface area (Å²) >= 11 is 5.97. The fraction of sp³-hybridized carbons (Fsp3) is 0.143. The summed E-state index contributed by atoms with van der Waals surface area (Å²) in [6, 6.07) is 10.9. The van der Waals surface area contributed by atoms with Crippen LogP contribution in [0.5, 0.6) is 5.75 Å². The van der Waals surface area contributed by atoms with Gasteiger partial charge in [0.2, 0.25) is 0 Å². The number of rotatable bonds is 3. The third kappa shape index (κ3) is 2.47. The Kier molecular flexibility index (Phi) is 3.84. The highest BCUT2D eigenvalue weighted by Crippen LogP contribution is 2.33. The van der Waals surface area contributed by atoms with Crippen LogP contribution in [-0.4, -0.2) is 12.2 Å². The first kappa shape index (κ1) is 12.9. The molecule has 1 atom stereocenters. The highest BCUT2D eigenvalue weighted by Gasteiger charge is 2.18. The highest BCUT2D eigenvalue weighted by molar-refractivity contribution is 6.31. The Labute approximate surface area is 110 Å². The predicted octanol–water partition coefficient (Wildman–Crippen LogP) is 3.57. The zero-order valence-electron chi connectivity index (χ0n) is 9.73. The van der Waals surface area contributed by atoms with E-state index in [0.717, 1.165) is 0 Å². The van der Waals surface area contributed by atoms with Crippen molar-refractivity contribution in [3.63, 3.8) is 0 Å². The average molecular weight is 267 g/mol. The van der Waals surface area contributed by atoms with E-state index < -0.39 is 11.9 Å². The first-order chi connectivity index (χ1) is 8.63. The van der Waals surface area contributed by atoms with Crippen molar-refractivity contribution in [2.24, 2.45) is 0 Å². The Morgan fingerprint density at radius 3 is 2.61 bits per heavy atom. The molecule has 0 radical (unpaired) electrons. The summed E-state index contributed by atoms with van der Waals surface area (Å²) in [4.78, 5) is 0. The summed E-state index contributed by atoms with van der Waals surface area (Å²) in [5.41, 5.74) is 0.869. The van der Waals surface area contributed by atoms with Crippen LogP contribution >= 0.6 is 11.6 Å². The molecule has 0 fully saturated rings. The van der Waals surface area contributed by atoms with Crippen LogP contribution in [0.25, 0.3) is 0 Å². The average Bonchev–Trinajstić information content (AvgIpc) is 2.40.